The molecule has 2 nitrogen and oxygen atoms in total. The number of halogens is 4. The predicted octanol–water partition coefficient (Wildman–Crippen LogP) is 3.23. The molecule has 18 heavy (non-hydrogen) atoms. The Labute approximate surface area is 112 Å². The van der Waals surface area contributed by atoms with E-state index in [0.717, 1.165) is 22.0 Å². The standard InChI is InChI=1S/C12H13BrF3NO/c1-2-9-8(4-3-5-10(9)13)6-7-17-11(18)12(14,15)16/h3-5H,2,6-7H2,1H3,(H,17,18). The van der Waals surface area contributed by atoms with Gasteiger partial charge in [-0.05, 0) is 30.0 Å². The Balaban J connectivity index is 2.60. The molecule has 0 heterocycles. The van der Waals surface area contributed by atoms with Crippen molar-refractivity contribution >= 4 is 21.8 Å². The summed E-state index contributed by atoms with van der Waals surface area (Å²) in [5.41, 5.74) is 1.99. The third kappa shape index (κ3) is 4.01. The highest BCUT2D eigenvalue weighted by atomic mass is 79.9. The van der Waals surface area contributed by atoms with Crippen LogP contribution in [0.15, 0.2) is 22.7 Å². The summed E-state index contributed by atoms with van der Waals surface area (Å²) < 4.78 is 36.8. The Morgan fingerprint density at radius 2 is 2.06 bits per heavy atom. The van der Waals surface area contributed by atoms with Gasteiger partial charge in [0.25, 0.3) is 0 Å². The molecule has 0 spiro atoms. The fourth-order valence-electron chi connectivity index (χ4n) is 1.64. The summed E-state index contributed by atoms with van der Waals surface area (Å²) in [5.74, 6) is -1.89. The van der Waals surface area contributed by atoms with Gasteiger partial charge in [-0.25, -0.2) is 0 Å². The van der Waals surface area contributed by atoms with Gasteiger partial charge < -0.3 is 5.32 Å². The second kappa shape index (κ2) is 6.22. The van der Waals surface area contributed by atoms with Crippen molar-refractivity contribution in [3.8, 4) is 0 Å². The van der Waals surface area contributed by atoms with Crippen molar-refractivity contribution in [2.45, 2.75) is 25.9 Å². The topological polar surface area (TPSA) is 29.1 Å². The molecule has 0 aromatic heterocycles. The van der Waals surface area contributed by atoms with Crippen LogP contribution in [0.1, 0.15) is 18.1 Å². The van der Waals surface area contributed by atoms with E-state index in [2.05, 4.69) is 15.9 Å². The summed E-state index contributed by atoms with van der Waals surface area (Å²) in [7, 11) is 0. The normalized spacial score (nSPS) is 11.4. The lowest BCUT2D eigenvalue weighted by molar-refractivity contribution is -0.173. The van der Waals surface area contributed by atoms with Gasteiger partial charge in [0.1, 0.15) is 0 Å². The van der Waals surface area contributed by atoms with Gasteiger partial charge in [0, 0.05) is 11.0 Å². The molecule has 1 amide bonds. The molecule has 0 fully saturated rings. The van der Waals surface area contributed by atoms with E-state index in [1.54, 1.807) is 0 Å². The fourth-order valence-corrected chi connectivity index (χ4v) is 2.33. The molecule has 1 aromatic rings. The van der Waals surface area contributed by atoms with E-state index >= 15 is 0 Å². The molecule has 0 aliphatic heterocycles. The van der Waals surface area contributed by atoms with Crippen LogP contribution < -0.4 is 5.32 Å². The maximum Gasteiger partial charge on any atom is 0.471 e. The van der Waals surface area contributed by atoms with Crippen LogP contribution >= 0.6 is 15.9 Å². The molecular formula is C12H13BrF3NO. The third-order valence-electron chi connectivity index (χ3n) is 2.51. The van der Waals surface area contributed by atoms with Crippen LogP contribution in [0.4, 0.5) is 13.2 Å². The lowest BCUT2D eigenvalue weighted by Crippen LogP contribution is -2.37. The first-order valence-corrected chi connectivity index (χ1v) is 6.26. The number of carbonyl (C=O) groups is 1. The summed E-state index contributed by atoms with van der Waals surface area (Å²) in [6.07, 6.45) is -3.65. The molecule has 0 bridgehead atoms. The van der Waals surface area contributed by atoms with Crippen molar-refractivity contribution in [3.63, 3.8) is 0 Å². The van der Waals surface area contributed by atoms with Gasteiger partial charge >= 0.3 is 12.1 Å². The maximum atomic E-state index is 12.0. The van der Waals surface area contributed by atoms with Gasteiger partial charge in [0.2, 0.25) is 0 Å². The van der Waals surface area contributed by atoms with Crippen LogP contribution in [0.2, 0.25) is 0 Å². The molecule has 100 valence electrons. The number of amides is 1. The van der Waals surface area contributed by atoms with Crippen LogP contribution in [-0.2, 0) is 17.6 Å². The van der Waals surface area contributed by atoms with Gasteiger partial charge in [-0.3, -0.25) is 4.79 Å². The molecule has 6 heteroatoms. The summed E-state index contributed by atoms with van der Waals surface area (Å²) in [5, 5.41) is 1.86. The zero-order valence-electron chi connectivity index (χ0n) is 9.77. The van der Waals surface area contributed by atoms with Gasteiger partial charge in [-0.1, -0.05) is 35.0 Å². The van der Waals surface area contributed by atoms with Crippen LogP contribution in [0.3, 0.4) is 0 Å². The van der Waals surface area contributed by atoms with Crippen molar-refractivity contribution in [1.82, 2.24) is 5.32 Å². The van der Waals surface area contributed by atoms with E-state index in [1.165, 1.54) is 0 Å². The van der Waals surface area contributed by atoms with Crippen molar-refractivity contribution in [2.24, 2.45) is 0 Å². The Hall–Kier alpha value is -1.04. The van der Waals surface area contributed by atoms with Crippen LogP contribution in [0, 0.1) is 0 Å². The maximum absolute atomic E-state index is 12.0. The molecule has 0 saturated carbocycles. The minimum absolute atomic E-state index is 0.0260. The largest absolute Gasteiger partial charge is 0.471 e. The summed E-state index contributed by atoms with van der Waals surface area (Å²) in [4.78, 5) is 10.6. The number of nitrogens with one attached hydrogen (secondary N) is 1. The SMILES string of the molecule is CCc1c(Br)cccc1CCNC(=O)C(F)(F)F. The van der Waals surface area contributed by atoms with E-state index in [9.17, 15) is 18.0 Å². The Morgan fingerprint density at radius 1 is 1.39 bits per heavy atom. The minimum Gasteiger partial charge on any atom is -0.348 e. The van der Waals surface area contributed by atoms with Crippen LogP contribution in [-0.4, -0.2) is 18.6 Å². The van der Waals surface area contributed by atoms with E-state index in [1.807, 2.05) is 30.4 Å². The van der Waals surface area contributed by atoms with Crippen molar-refractivity contribution in [1.29, 1.82) is 0 Å². The predicted molar refractivity (Wildman–Crippen MR) is 66.3 cm³/mol. The number of benzene rings is 1. The number of carbonyl (C=O) groups excluding carboxylic acids is 1. The van der Waals surface area contributed by atoms with Gasteiger partial charge in [-0.15, -0.1) is 0 Å². The first-order valence-electron chi connectivity index (χ1n) is 5.47. The highest BCUT2D eigenvalue weighted by Crippen LogP contribution is 2.21. The molecule has 0 aliphatic carbocycles. The second-order valence-electron chi connectivity index (χ2n) is 3.73. The fraction of sp³-hybridized carbons (Fsp3) is 0.417. The van der Waals surface area contributed by atoms with Gasteiger partial charge in [0.15, 0.2) is 0 Å². The molecular weight excluding hydrogens is 311 g/mol. The molecule has 0 radical (unpaired) electrons. The molecule has 1 N–H and O–H groups in total. The monoisotopic (exact) mass is 323 g/mol. The van der Waals surface area contributed by atoms with E-state index in [-0.39, 0.29) is 6.54 Å². The molecule has 0 atom stereocenters. The quantitative estimate of drug-likeness (QED) is 0.905. The molecule has 0 saturated heterocycles. The minimum atomic E-state index is -4.81. The lowest BCUT2D eigenvalue weighted by Gasteiger charge is -2.11. The number of alkyl halides is 3. The Bertz CT molecular complexity index is 432. The molecule has 1 rings (SSSR count). The zero-order valence-corrected chi connectivity index (χ0v) is 11.4. The Kier molecular flexibility index (Phi) is 5.19. The first kappa shape index (κ1) is 15.0. The summed E-state index contributed by atoms with van der Waals surface area (Å²) in [6.45, 7) is 1.94. The van der Waals surface area contributed by atoms with E-state index < -0.39 is 12.1 Å². The van der Waals surface area contributed by atoms with Crippen molar-refractivity contribution in [2.75, 3.05) is 6.54 Å². The van der Waals surface area contributed by atoms with Crippen molar-refractivity contribution in [3.05, 3.63) is 33.8 Å². The second-order valence-corrected chi connectivity index (χ2v) is 4.59. The average molecular weight is 324 g/mol. The molecule has 1 aromatic carbocycles. The third-order valence-corrected chi connectivity index (χ3v) is 3.25. The molecule has 0 unspecified atom stereocenters. The van der Waals surface area contributed by atoms with E-state index in [0.29, 0.717) is 6.42 Å². The summed E-state index contributed by atoms with van der Waals surface area (Å²) >= 11 is 3.39. The number of rotatable bonds is 4. The Morgan fingerprint density at radius 3 is 2.61 bits per heavy atom. The highest BCUT2D eigenvalue weighted by molar-refractivity contribution is 9.10. The average Bonchev–Trinajstić information content (AvgIpc) is 2.28. The highest BCUT2D eigenvalue weighted by Gasteiger charge is 2.38. The molecule has 0 aliphatic rings. The first-order chi connectivity index (χ1) is 8.36. The smallest absolute Gasteiger partial charge is 0.348 e. The zero-order chi connectivity index (χ0) is 13.8. The summed E-state index contributed by atoms with van der Waals surface area (Å²) in [6, 6.07) is 5.56. The van der Waals surface area contributed by atoms with Crippen molar-refractivity contribution < 1.29 is 18.0 Å². The van der Waals surface area contributed by atoms with Crippen LogP contribution in [0.5, 0.6) is 0 Å². The van der Waals surface area contributed by atoms with Crippen LogP contribution in [0.25, 0.3) is 0 Å². The number of hydrogen-bond acceptors (Lipinski definition) is 1. The number of hydrogen-bond donors (Lipinski definition) is 1. The lowest BCUT2D eigenvalue weighted by atomic mass is 10.0. The van der Waals surface area contributed by atoms with E-state index in [4.69, 9.17) is 0 Å². The van der Waals surface area contributed by atoms with Gasteiger partial charge in [0.05, 0.1) is 0 Å². The van der Waals surface area contributed by atoms with Gasteiger partial charge in [-0.2, -0.15) is 13.2 Å².